The Hall–Kier alpha value is -0.610. The van der Waals surface area contributed by atoms with Crippen LogP contribution in [-0.2, 0) is 0 Å². The van der Waals surface area contributed by atoms with E-state index in [4.69, 9.17) is 1.37 Å². The van der Waals surface area contributed by atoms with Crippen LogP contribution in [0.4, 0.5) is 0 Å². The predicted molar refractivity (Wildman–Crippen MR) is 117 cm³/mol. The second-order valence-corrected chi connectivity index (χ2v) is 9.25. The molecule has 7 rings (SSSR count). The van der Waals surface area contributed by atoms with Crippen LogP contribution in [0.3, 0.4) is 0 Å². The maximum Gasteiger partial charge on any atom is 0.0274 e. The van der Waals surface area contributed by atoms with Gasteiger partial charge in [-0.3, -0.25) is 0 Å². The molecule has 6 bridgehead atoms. The summed E-state index contributed by atoms with van der Waals surface area (Å²) in [6.45, 7) is 0.417. The van der Waals surface area contributed by atoms with E-state index in [2.05, 4.69) is 57.8 Å². The summed E-state index contributed by atoms with van der Waals surface area (Å²) in [6.07, 6.45) is 30.0. The van der Waals surface area contributed by atoms with Crippen LogP contribution in [0.15, 0.2) is 48.6 Å². The Morgan fingerprint density at radius 3 is 1.62 bits per heavy atom. The molecule has 0 aromatic carbocycles. The van der Waals surface area contributed by atoms with Crippen LogP contribution in [-0.4, -0.2) is 6.64 Å². The summed E-state index contributed by atoms with van der Waals surface area (Å²) in [4.78, 5) is 0. The average molecular weight is 370 g/mol. The van der Waals surface area contributed by atoms with E-state index >= 15 is 0 Å². The average Bonchev–Trinajstić information content (AvgIpc) is 3.54. The molecule has 0 spiro atoms. The molecule has 0 aromatic rings. The third-order valence-electron chi connectivity index (χ3n) is 8.01. The minimum absolute atomic E-state index is 0.417. The molecule has 26 heavy (non-hydrogen) atoms. The van der Waals surface area contributed by atoms with Crippen molar-refractivity contribution in [3.05, 3.63) is 48.6 Å². The van der Waals surface area contributed by atoms with Gasteiger partial charge in [0.15, 0.2) is 0 Å². The molecule has 0 radical (unpaired) electrons. The lowest BCUT2D eigenvalue weighted by Crippen LogP contribution is -2.25. The first kappa shape index (κ1) is 17.5. The van der Waals surface area contributed by atoms with E-state index in [-0.39, 0.29) is 0 Å². The van der Waals surface area contributed by atoms with E-state index in [0.29, 0.717) is 6.64 Å². The highest BCUT2D eigenvalue weighted by Gasteiger charge is 2.57. The first-order chi connectivity index (χ1) is 13.3. The van der Waals surface area contributed by atoms with Gasteiger partial charge in [-0.25, -0.2) is 0 Å². The van der Waals surface area contributed by atoms with Crippen molar-refractivity contribution >= 4 is 9.24 Å². The van der Waals surface area contributed by atoms with Crippen LogP contribution in [0.5, 0.6) is 0 Å². The fourth-order valence-corrected chi connectivity index (χ4v) is 7.09. The lowest BCUT2D eigenvalue weighted by Gasteiger charge is -2.31. The van der Waals surface area contributed by atoms with Gasteiger partial charge >= 0.3 is 0 Å². The van der Waals surface area contributed by atoms with E-state index in [9.17, 15) is 0 Å². The summed E-state index contributed by atoms with van der Waals surface area (Å²) in [7, 11) is 2.25. The molecular formula is C25H37P. The first-order valence-corrected chi connectivity index (χ1v) is 11.8. The summed E-state index contributed by atoms with van der Waals surface area (Å²) < 4.78 is 6.17. The second kappa shape index (κ2) is 8.60. The van der Waals surface area contributed by atoms with Crippen molar-refractivity contribution in [2.24, 2.45) is 47.3 Å². The number of hydrogen-bond donors (Lipinski definition) is 0. The van der Waals surface area contributed by atoms with Gasteiger partial charge in [0.2, 0.25) is 0 Å². The number of allylic oxidation sites excluding steroid dienone is 8. The summed E-state index contributed by atoms with van der Waals surface area (Å²) in [6, 6.07) is 0. The Kier molecular flexibility index (Phi) is 5.78. The largest absolute Gasteiger partial charge is 0.141 e. The molecule has 7 aliphatic carbocycles. The molecule has 0 nitrogen and oxygen atoms in total. The van der Waals surface area contributed by atoms with Gasteiger partial charge in [-0.2, -0.15) is 0 Å². The third-order valence-corrected chi connectivity index (χ3v) is 8.01. The quantitative estimate of drug-likeness (QED) is 0.250. The molecular weight excluding hydrogens is 331 g/mol. The maximum atomic E-state index is 6.17. The molecule has 9 atom stereocenters. The SMILES string of the molecule is C1=CC2CC1C1C3CCC(C3)C21.C1=CC2CCC1C2.C1=CCC=C1.[2H]CP. The lowest BCUT2D eigenvalue weighted by atomic mass is 9.73. The van der Waals surface area contributed by atoms with Gasteiger partial charge in [0.05, 0.1) is 0 Å². The fourth-order valence-electron chi connectivity index (χ4n) is 7.09. The molecule has 4 fully saturated rings. The van der Waals surface area contributed by atoms with Crippen LogP contribution in [0, 0.1) is 47.3 Å². The van der Waals surface area contributed by atoms with Crippen molar-refractivity contribution in [3.63, 3.8) is 0 Å². The summed E-state index contributed by atoms with van der Waals surface area (Å²) >= 11 is 0. The van der Waals surface area contributed by atoms with E-state index in [1.165, 1.54) is 25.7 Å². The van der Waals surface area contributed by atoms with Gasteiger partial charge < -0.3 is 0 Å². The van der Waals surface area contributed by atoms with Gasteiger partial charge in [0.25, 0.3) is 0 Å². The molecule has 1 heteroatoms. The molecule has 0 saturated heterocycles. The minimum atomic E-state index is 0.417. The number of rotatable bonds is 0. The minimum Gasteiger partial charge on any atom is -0.141 e. The van der Waals surface area contributed by atoms with Gasteiger partial charge in [-0.05, 0) is 98.7 Å². The lowest BCUT2D eigenvalue weighted by molar-refractivity contribution is 0.206. The van der Waals surface area contributed by atoms with E-state index in [0.717, 1.165) is 53.8 Å². The summed E-state index contributed by atoms with van der Waals surface area (Å²) in [5.74, 6) is 8.64. The van der Waals surface area contributed by atoms with Crippen molar-refractivity contribution in [1.82, 2.24) is 0 Å². The van der Waals surface area contributed by atoms with Crippen molar-refractivity contribution < 1.29 is 1.37 Å². The van der Waals surface area contributed by atoms with E-state index in [1.54, 1.807) is 19.3 Å². The van der Waals surface area contributed by atoms with Gasteiger partial charge in [-0.1, -0.05) is 55.2 Å². The Balaban J connectivity index is 0.000000103. The molecule has 142 valence electrons. The highest BCUT2D eigenvalue weighted by molar-refractivity contribution is 7.15. The Morgan fingerprint density at radius 2 is 1.27 bits per heavy atom. The second-order valence-electron chi connectivity index (χ2n) is 9.25. The van der Waals surface area contributed by atoms with Gasteiger partial charge in [-0.15, -0.1) is 9.24 Å². The standard InChI is InChI=1S/C12H16.C7H10.C5H6.CH5P/c1-2-8-5-7(1)11-9-3-4-10(6-9)12(8)11;1-2-7-4-3-6(1)5-7;1-2-4-5-3-1;1-2/h1-2,7-12H,3-6H2;1-2,6-7H,3-5H2;1-4H,5H2;2H2,1H3/i;;;1D. The molecule has 0 aromatic heterocycles. The van der Waals surface area contributed by atoms with Crippen LogP contribution in [0.25, 0.3) is 0 Å². The maximum absolute atomic E-state index is 6.17. The highest BCUT2D eigenvalue weighted by atomic mass is 31.0. The van der Waals surface area contributed by atoms with Crippen molar-refractivity contribution in [1.29, 1.82) is 0 Å². The molecule has 0 N–H and O–H groups in total. The van der Waals surface area contributed by atoms with E-state index in [1.807, 2.05) is 0 Å². The summed E-state index contributed by atoms with van der Waals surface area (Å²) in [5, 5.41) is 0. The monoisotopic (exact) mass is 369 g/mol. The Bertz CT molecular complexity index is 557. The zero-order valence-corrected chi connectivity index (χ0v) is 17.3. The molecule has 7 aliphatic rings. The van der Waals surface area contributed by atoms with Crippen molar-refractivity contribution in [2.75, 3.05) is 6.64 Å². The molecule has 9 unspecified atom stereocenters. The van der Waals surface area contributed by atoms with Crippen molar-refractivity contribution in [3.8, 4) is 0 Å². The molecule has 0 aliphatic heterocycles. The third kappa shape index (κ3) is 3.69. The number of fused-ring (bicyclic) bond motifs is 11. The zero-order chi connectivity index (χ0) is 18.6. The van der Waals surface area contributed by atoms with Gasteiger partial charge in [0, 0.05) is 1.37 Å². The topological polar surface area (TPSA) is 0 Å². The normalized spacial score (nSPS) is 46.3. The van der Waals surface area contributed by atoms with Gasteiger partial charge in [0.1, 0.15) is 0 Å². The van der Waals surface area contributed by atoms with Crippen molar-refractivity contribution in [2.45, 2.75) is 51.4 Å². The smallest absolute Gasteiger partial charge is 0.0274 e. The molecule has 0 amide bonds. The predicted octanol–water partition coefficient (Wildman–Crippen LogP) is 6.82. The van der Waals surface area contributed by atoms with Crippen LogP contribution in [0.2, 0.25) is 0 Å². The van der Waals surface area contributed by atoms with Crippen LogP contribution >= 0.6 is 9.24 Å². The highest BCUT2D eigenvalue weighted by Crippen LogP contribution is 2.65. The van der Waals surface area contributed by atoms with Crippen LogP contribution in [0.1, 0.15) is 52.7 Å². The fraction of sp³-hybridized carbons (Fsp3) is 0.680. The zero-order valence-electron chi connectivity index (χ0n) is 17.2. The van der Waals surface area contributed by atoms with E-state index < -0.39 is 0 Å². The molecule has 0 heterocycles. The van der Waals surface area contributed by atoms with Crippen LogP contribution < -0.4 is 0 Å². The Morgan fingerprint density at radius 1 is 0.731 bits per heavy atom. The Labute approximate surface area is 164 Å². The number of hydrogen-bond acceptors (Lipinski definition) is 0. The first-order valence-electron chi connectivity index (χ1n) is 11.7. The molecule has 4 saturated carbocycles. The summed E-state index contributed by atoms with van der Waals surface area (Å²) in [5.41, 5.74) is 0.